The van der Waals surface area contributed by atoms with E-state index in [1.54, 1.807) is 22.5 Å². The fraction of sp³-hybridized carbons (Fsp3) is 0.423. The van der Waals surface area contributed by atoms with Gasteiger partial charge in [-0.05, 0) is 62.9 Å². The molecule has 9 heteroatoms. The minimum Gasteiger partial charge on any atom is -0.322 e. The maximum Gasteiger partial charge on any atom is 0.255 e. The molecule has 184 valence electrons. The Hall–Kier alpha value is -3.04. The number of amides is 1. The molecule has 1 N–H and O–H groups in total. The van der Waals surface area contributed by atoms with Gasteiger partial charge in [0, 0.05) is 42.4 Å². The number of hydrogen-bond donors (Lipinski definition) is 1. The quantitative estimate of drug-likeness (QED) is 0.565. The number of piperidine rings is 1. The molecule has 3 aromatic rings. The molecule has 3 heterocycles. The average Bonchev–Trinajstić information content (AvgIpc) is 3.12. The summed E-state index contributed by atoms with van der Waals surface area (Å²) in [5, 5.41) is 11.7. The second-order valence-corrected chi connectivity index (χ2v) is 11.3. The van der Waals surface area contributed by atoms with Gasteiger partial charge >= 0.3 is 0 Å². The largest absolute Gasteiger partial charge is 0.322 e. The van der Waals surface area contributed by atoms with Crippen LogP contribution in [0.2, 0.25) is 0 Å². The molecule has 2 aliphatic heterocycles. The number of nitrogens with zero attached hydrogens (tertiary/aromatic N) is 4. The highest BCUT2D eigenvalue weighted by Crippen LogP contribution is 2.27. The zero-order valence-electron chi connectivity index (χ0n) is 20.0. The van der Waals surface area contributed by atoms with Crippen molar-refractivity contribution in [2.24, 2.45) is 0 Å². The van der Waals surface area contributed by atoms with Crippen molar-refractivity contribution in [3.63, 3.8) is 0 Å². The van der Waals surface area contributed by atoms with Crippen LogP contribution in [0.3, 0.4) is 0 Å². The van der Waals surface area contributed by atoms with Crippen LogP contribution in [0.25, 0.3) is 11.4 Å². The molecular weight excluding hydrogens is 462 g/mol. The van der Waals surface area contributed by atoms with Crippen molar-refractivity contribution in [2.45, 2.75) is 69.4 Å². The predicted octanol–water partition coefficient (Wildman–Crippen LogP) is 4.49. The first-order chi connectivity index (χ1) is 16.9. The number of nitrogens with one attached hydrogen (secondary N) is 1. The lowest BCUT2D eigenvalue weighted by molar-refractivity contribution is 0.102. The molecule has 1 unspecified atom stereocenters. The average molecular weight is 494 g/mol. The number of rotatable bonds is 5. The van der Waals surface area contributed by atoms with Crippen LogP contribution in [0.1, 0.15) is 61.6 Å². The highest BCUT2D eigenvalue weighted by molar-refractivity contribution is 7.89. The highest BCUT2D eigenvalue weighted by Gasteiger charge is 2.31. The minimum absolute atomic E-state index is 0.0406. The second-order valence-electron chi connectivity index (χ2n) is 9.43. The minimum atomic E-state index is -3.65. The summed E-state index contributed by atoms with van der Waals surface area (Å²) in [4.78, 5) is 13.2. The molecule has 0 radical (unpaired) electrons. The van der Waals surface area contributed by atoms with Crippen LogP contribution in [0.15, 0.2) is 53.4 Å². The summed E-state index contributed by atoms with van der Waals surface area (Å²) in [6, 6.07) is 13.8. The van der Waals surface area contributed by atoms with E-state index in [0.717, 1.165) is 62.3 Å². The summed E-state index contributed by atoms with van der Waals surface area (Å²) in [6.07, 6.45) is 7.08. The fourth-order valence-corrected chi connectivity index (χ4v) is 6.75. The van der Waals surface area contributed by atoms with Gasteiger partial charge in [-0.25, -0.2) is 8.42 Å². The molecule has 0 spiro atoms. The Kier molecular flexibility index (Phi) is 6.71. The van der Waals surface area contributed by atoms with Gasteiger partial charge < -0.3 is 9.88 Å². The van der Waals surface area contributed by atoms with Crippen molar-refractivity contribution < 1.29 is 13.2 Å². The Morgan fingerprint density at radius 1 is 0.971 bits per heavy atom. The number of anilines is 1. The number of carbonyl (C=O) groups excluding carboxylic acids is 1. The van der Waals surface area contributed by atoms with Crippen molar-refractivity contribution in [1.29, 1.82) is 0 Å². The van der Waals surface area contributed by atoms with Crippen LogP contribution in [-0.2, 0) is 23.0 Å². The molecule has 1 amide bonds. The number of carbonyl (C=O) groups is 1. The molecule has 2 aliphatic rings. The first-order valence-corrected chi connectivity index (χ1v) is 13.8. The number of hydrogen-bond acceptors (Lipinski definition) is 5. The van der Waals surface area contributed by atoms with E-state index in [2.05, 4.69) is 20.1 Å². The maximum absolute atomic E-state index is 13.2. The summed E-state index contributed by atoms with van der Waals surface area (Å²) in [6.45, 7) is 3.35. The van der Waals surface area contributed by atoms with Crippen LogP contribution >= 0.6 is 0 Å². The second kappa shape index (κ2) is 9.91. The third-order valence-corrected chi connectivity index (χ3v) is 8.94. The van der Waals surface area contributed by atoms with E-state index in [-0.39, 0.29) is 16.8 Å². The Morgan fingerprint density at radius 2 is 1.80 bits per heavy atom. The molecule has 1 aromatic heterocycles. The highest BCUT2D eigenvalue weighted by atomic mass is 32.2. The van der Waals surface area contributed by atoms with Crippen molar-refractivity contribution in [3.05, 3.63) is 59.9 Å². The molecule has 0 saturated carbocycles. The van der Waals surface area contributed by atoms with Crippen molar-refractivity contribution in [2.75, 3.05) is 11.9 Å². The molecule has 0 aliphatic carbocycles. The predicted molar refractivity (Wildman–Crippen MR) is 135 cm³/mol. The van der Waals surface area contributed by atoms with Crippen LogP contribution < -0.4 is 5.32 Å². The normalized spacial score (nSPS) is 19.1. The number of fused-ring (bicyclic) bond motifs is 1. The summed E-state index contributed by atoms with van der Waals surface area (Å²) >= 11 is 0. The van der Waals surface area contributed by atoms with Gasteiger partial charge in [0.25, 0.3) is 5.91 Å². The zero-order chi connectivity index (χ0) is 24.4. The van der Waals surface area contributed by atoms with Crippen LogP contribution in [0.5, 0.6) is 0 Å². The summed E-state index contributed by atoms with van der Waals surface area (Å²) < 4.78 is 30.2. The smallest absolute Gasteiger partial charge is 0.255 e. The monoisotopic (exact) mass is 493 g/mol. The van der Waals surface area contributed by atoms with Crippen LogP contribution in [-0.4, -0.2) is 46.0 Å². The van der Waals surface area contributed by atoms with E-state index in [1.165, 1.54) is 12.5 Å². The number of benzene rings is 2. The Morgan fingerprint density at radius 3 is 2.66 bits per heavy atom. The molecule has 0 bridgehead atoms. The lowest BCUT2D eigenvalue weighted by Crippen LogP contribution is -2.41. The van der Waals surface area contributed by atoms with Crippen molar-refractivity contribution >= 4 is 21.6 Å². The summed E-state index contributed by atoms with van der Waals surface area (Å²) in [5.74, 6) is 1.46. The first-order valence-electron chi connectivity index (χ1n) is 12.4. The van der Waals surface area contributed by atoms with E-state index in [1.807, 2.05) is 31.2 Å². The van der Waals surface area contributed by atoms with E-state index in [4.69, 9.17) is 0 Å². The van der Waals surface area contributed by atoms with Gasteiger partial charge in [-0.2, -0.15) is 4.31 Å². The third-order valence-electron chi connectivity index (χ3n) is 6.93. The van der Waals surface area contributed by atoms with Crippen LogP contribution in [0.4, 0.5) is 5.69 Å². The fourth-order valence-electron chi connectivity index (χ4n) is 5.00. The van der Waals surface area contributed by atoms with Gasteiger partial charge in [0.1, 0.15) is 5.82 Å². The third kappa shape index (κ3) is 4.88. The number of aryl methyl sites for hydroxylation is 1. The first kappa shape index (κ1) is 23.7. The lowest BCUT2D eigenvalue weighted by Gasteiger charge is -2.32. The van der Waals surface area contributed by atoms with Gasteiger partial charge in [0.15, 0.2) is 5.82 Å². The van der Waals surface area contributed by atoms with Gasteiger partial charge in [-0.15, -0.1) is 10.2 Å². The van der Waals surface area contributed by atoms with Crippen molar-refractivity contribution in [3.8, 4) is 11.4 Å². The molecule has 35 heavy (non-hydrogen) atoms. The summed E-state index contributed by atoms with van der Waals surface area (Å²) in [7, 11) is -3.65. The summed E-state index contributed by atoms with van der Waals surface area (Å²) in [5.41, 5.74) is 1.81. The number of sulfonamides is 1. The van der Waals surface area contributed by atoms with E-state index in [0.29, 0.717) is 17.8 Å². The van der Waals surface area contributed by atoms with Crippen molar-refractivity contribution in [1.82, 2.24) is 19.1 Å². The zero-order valence-corrected chi connectivity index (χ0v) is 20.8. The molecular formula is C26H31N5O3S. The molecule has 5 rings (SSSR count). The van der Waals surface area contributed by atoms with Crippen LogP contribution in [0, 0.1) is 0 Å². The molecule has 1 saturated heterocycles. The maximum atomic E-state index is 13.2. The Bertz CT molecular complexity index is 1330. The van der Waals surface area contributed by atoms with Gasteiger partial charge in [0.2, 0.25) is 10.0 Å². The SMILES string of the molecule is CC1CCCCN1S(=O)(=O)c1cccc(C(=O)Nc2cccc(-c3nnc4n3CCCCC4)c2)c1. The Labute approximate surface area is 206 Å². The standard InChI is InChI=1S/C26H31N5O3S/c1-19-9-4-6-16-31(19)35(33,34)23-13-8-11-21(18-23)26(32)27-22-12-7-10-20(17-22)25-29-28-24-14-3-2-5-15-30(24)25/h7-8,10-13,17-19H,2-6,9,14-16H2,1H3,(H,27,32). The molecule has 1 fully saturated rings. The van der Waals surface area contributed by atoms with Gasteiger partial charge in [-0.3, -0.25) is 4.79 Å². The van der Waals surface area contributed by atoms with E-state index < -0.39 is 10.0 Å². The van der Waals surface area contributed by atoms with E-state index in [9.17, 15) is 13.2 Å². The number of aromatic nitrogens is 3. The lowest BCUT2D eigenvalue weighted by atomic mass is 10.1. The van der Waals surface area contributed by atoms with E-state index >= 15 is 0 Å². The topological polar surface area (TPSA) is 97.2 Å². The molecule has 2 aromatic carbocycles. The van der Waals surface area contributed by atoms with Gasteiger partial charge in [0.05, 0.1) is 4.90 Å². The van der Waals surface area contributed by atoms with Gasteiger partial charge in [-0.1, -0.05) is 31.0 Å². The Balaban J connectivity index is 1.36. The molecule has 1 atom stereocenters. The molecule has 8 nitrogen and oxygen atoms in total.